The number of nitro benzene ring substituents is 1. The molecule has 0 amide bonds. The lowest BCUT2D eigenvalue weighted by Crippen LogP contribution is -2.44. The third-order valence-electron chi connectivity index (χ3n) is 2.97. The summed E-state index contributed by atoms with van der Waals surface area (Å²) in [7, 11) is 0. The van der Waals surface area contributed by atoms with Gasteiger partial charge in [-0.25, -0.2) is 0 Å². The van der Waals surface area contributed by atoms with Crippen molar-refractivity contribution in [1.82, 2.24) is 0 Å². The van der Waals surface area contributed by atoms with Crippen LogP contribution in [0.4, 0.5) is 11.4 Å². The Morgan fingerprint density at radius 2 is 2.33 bits per heavy atom. The van der Waals surface area contributed by atoms with Gasteiger partial charge in [-0.15, -0.1) is 0 Å². The van der Waals surface area contributed by atoms with Crippen LogP contribution < -0.4 is 4.90 Å². The molecule has 1 fully saturated rings. The molecule has 0 aromatic heterocycles. The van der Waals surface area contributed by atoms with Crippen molar-refractivity contribution in [2.75, 3.05) is 31.2 Å². The number of anilines is 1. The van der Waals surface area contributed by atoms with E-state index in [9.17, 15) is 10.1 Å². The minimum atomic E-state index is -0.388. The van der Waals surface area contributed by atoms with E-state index in [2.05, 4.69) is 0 Å². The number of hydrogen-bond acceptors (Lipinski definition) is 5. The van der Waals surface area contributed by atoms with Crippen LogP contribution in [0.25, 0.3) is 0 Å². The van der Waals surface area contributed by atoms with E-state index in [0.29, 0.717) is 19.7 Å². The van der Waals surface area contributed by atoms with E-state index in [1.165, 1.54) is 0 Å². The third kappa shape index (κ3) is 2.77. The summed E-state index contributed by atoms with van der Waals surface area (Å²) in [6.45, 7) is 3.55. The first-order chi connectivity index (χ1) is 8.60. The minimum Gasteiger partial charge on any atom is -0.394 e. The highest BCUT2D eigenvalue weighted by Crippen LogP contribution is 2.25. The number of aliphatic hydroxyl groups is 1. The van der Waals surface area contributed by atoms with Crippen molar-refractivity contribution in [3.63, 3.8) is 0 Å². The summed E-state index contributed by atoms with van der Waals surface area (Å²) < 4.78 is 5.36. The highest BCUT2D eigenvalue weighted by molar-refractivity contribution is 5.56. The van der Waals surface area contributed by atoms with Crippen molar-refractivity contribution >= 4 is 11.4 Å². The van der Waals surface area contributed by atoms with Gasteiger partial charge in [0.1, 0.15) is 0 Å². The van der Waals surface area contributed by atoms with E-state index in [4.69, 9.17) is 9.84 Å². The summed E-state index contributed by atoms with van der Waals surface area (Å²) >= 11 is 0. The molecule has 1 atom stereocenters. The Hall–Kier alpha value is -1.66. The van der Waals surface area contributed by atoms with Gasteiger partial charge in [0, 0.05) is 30.9 Å². The maximum absolute atomic E-state index is 10.8. The smallest absolute Gasteiger partial charge is 0.271 e. The molecule has 0 saturated carbocycles. The predicted molar refractivity (Wildman–Crippen MR) is 66.9 cm³/mol. The Morgan fingerprint density at radius 1 is 1.56 bits per heavy atom. The van der Waals surface area contributed by atoms with Gasteiger partial charge in [-0.05, 0) is 18.6 Å². The van der Waals surface area contributed by atoms with Crippen molar-refractivity contribution in [2.24, 2.45) is 0 Å². The van der Waals surface area contributed by atoms with Gasteiger partial charge in [0.25, 0.3) is 5.69 Å². The number of nitro groups is 1. The molecule has 0 radical (unpaired) electrons. The molecular weight excluding hydrogens is 236 g/mol. The van der Waals surface area contributed by atoms with Crippen molar-refractivity contribution in [3.05, 3.63) is 33.9 Å². The Labute approximate surface area is 105 Å². The standard InChI is InChI=1S/C12H16N2O4/c1-9-4-10(6-11(5-9)14(16)17)13-2-3-18-12(7-13)8-15/h4-6,12,15H,2-3,7-8H2,1H3. The number of non-ortho nitro benzene ring substituents is 1. The molecule has 1 N–H and O–H groups in total. The number of morpholine rings is 1. The van der Waals surface area contributed by atoms with E-state index in [0.717, 1.165) is 11.3 Å². The number of hydrogen-bond donors (Lipinski definition) is 1. The van der Waals surface area contributed by atoms with Crippen LogP contribution in [0.3, 0.4) is 0 Å². The molecule has 0 aliphatic carbocycles. The minimum absolute atomic E-state index is 0.0373. The lowest BCUT2D eigenvalue weighted by molar-refractivity contribution is -0.384. The summed E-state index contributed by atoms with van der Waals surface area (Å²) in [5.41, 5.74) is 1.76. The molecule has 1 aliphatic rings. The SMILES string of the molecule is Cc1cc(N2CCOC(CO)C2)cc([N+](=O)[O-])c1. The maximum Gasteiger partial charge on any atom is 0.271 e. The first kappa shape index (κ1) is 12.8. The zero-order valence-corrected chi connectivity index (χ0v) is 10.2. The number of nitrogens with zero attached hydrogens (tertiary/aromatic N) is 2. The fraction of sp³-hybridized carbons (Fsp3) is 0.500. The van der Waals surface area contributed by atoms with Crippen LogP contribution in [0.15, 0.2) is 18.2 Å². The van der Waals surface area contributed by atoms with Gasteiger partial charge in [0.2, 0.25) is 0 Å². The summed E-state index contributed by atoms with van der Waals surface area (Å²) in [5.74, 6) is 0. The van der Waals surface area contributed by atoms with Crippen molar-refractivity contribution in [1.29, 1.82) is 0 Å². The quantitative estimate of drug-likeness (QED) is 0.644. The van der Waals surface area contributed by atoms with Gasteiger partial charge in [-0.2, -0.15) is 0 Å². The molecule has 1 saturated heterocycles. The molecule has 0 spiro atoms. The van der Waals surface area contributed by atoms with E-state index in [-0.39, 0.29) is 23.3 Å². The van der Waals surface area contributed by atoms with Gasteiger partial charge in [-0.1, -0.05) is 0 Å². The van der Waals surface area contributed by atoms with Gasteiger partial charge < -0.3 is 14.7 Å². The molecule has 6 nitrogen and oxygen atoms in total. The monoisotopic (exact) mass is 252 g/mol. The van der Waals surface area contributed by atoms with Crippen molar-refractivity contribution in [2.45, 2.75) is 13.0 Å². The second-order valence-electron chi connectivity index (χ2n) is 4.41. The Kier molecular flexibility index (Phi) is 3.78. The Bertz CT molecular complexity index is 450. The zero-order valence-electron chi connectivity index (χ0n) is 10.2. The zero-order chi connectivity index (χ0) is 13.1. The predicted octanol–water partition coefficient (Wildman–Crippen LogP) is 1.10. The van der Waals surface area contributed by atoms with E-state index in [1.807, 2.05) is 17.9 Å². The first-order valence-corrected chi connectivity index (χ1v) is 5.83. The summed E-state index contributed by atoms with van der Waals surface area (Å²) in [4.78, 5) is 12.4. The van der Waals surface area contributed by atoms with Crippen LogP contribution in [0.2, 0.25) is 0 Å². The van der Waals surface area contributed by atoms with E-state index >= 15 is 0 Å². The topological polar surface area (TPSA) is 75.8 Å². The van der Waals surface area contributed by atoms with Gasteiger partial charge in [-0.3, -0.25) is 10.1 Å². The molecule has 1 heterocycles. The molecule has 6 heteroatoms. The molecule has 1 unspecified atom stereocenters. The van der Waals surface area contributed by atoms with Gasteiger partial charge in [0.05, 0.1) is 24.2 Å². The lowest BCUT2D eigenvalue weighted by Gasteiger charge is -2.33. The van der Waals surface area contributed by atoms with Crippen molar-refractivity contribution in [3.8, 4) is 0 Å². The van der Waals surface area contributed by atoms with E-state index in [1.54, 1.807) is 12.1 Å². The fourth-order valence-corrected chi connectivity index (χ4v) is 2.10. The number of rotatable bonds is 3. The van der Waals surface area contributed by atoms with Crippen LogP contribution in [-0.4, -0.2) is 42.4 Å². The summed E-state index contributed by atoms with van der Waals surface area (Å²) in [5, 5.41) is 19.9. The average Bonchev–Trinajstić information content (AvgIpc) is 2.38. The lowest BCUT2D eigenvalue weighted by atomic mass is 10.1. The molecule has 1 aliphatic heterocycles. The van der Waals surface area contributed by atoms with Crippen LogP contribution in [0.1, 0.15) is 5.56 Å². The molecule has 2 rings (SSSR count). The summed E-state index contributed by atoms with van der Waals surface area (Å²) in [6.07, 6.45) is -0.224. The van der Waals surface area contributed by atoms with Gasteiger partial charge >= 0.3 is 0 Å². The Balaban J connectivity index is 2.24. The number of aryl methyl sites for hydroxylation is 1. The third-order valence-corrected chi connectivity index (χ3v) is 2.97. The van der Waals surface area contributed by atoms with Crippen LogP contribution in [0.5, 0.6) is 0 Å². The highest BCUT2D eigenvalue weighted by atomic mass is 16.6. The second-order valence-corrected chi connectivity index (χ2v) is 4.41. The van der Waals surface area contributed by atoms with Crippen LogP contribution >= 0.6 is 0 Å². The van der Waals surface area contributed by atoms with E-state index < -0.39 is 0 Å². The number of benzene rings is 1. The largest absolute Gasteiger partial charge is 0.394 e. The molecule has 1 aromatic rings. The molecular formula is C12H16N2O4. The van der Waals surface area contributed by atoms with Crippen LogP contribution in [-0.2, 0) is 4.74 Å². The normalized spacial score (nSPS) is 19.9. The first-order valence-electron chi connectivity index (χ1n) is 5.83. The maximum atomic E-state index is 10.8. The average molecular weight is 252 g/mol. The number of aliphatic hydroxyl groups excluding tert-OH is 1. The van der Waals surface area contributed by atoms with Crippen molar-refractivity contribution < 1.29 is 14.8 Å². The highest BCUT2D eigenvalue weighted by Gasteiger charge is 2.21. The molecule has 18 heavy (non-hydrogen) atoms. The summed E-state index contributed by atoms with van der Waals surface area (Å²) in [6, 6.07) is 5.02. The Morgan fingerprint density at radius 3 is 3.00 bits per heavy atom. The second kappa shape index (κ2) is 5.32. The van der Waals surface area contributed by atoms with Crippen LogP contribution in [0, 0.1) is 17.0 Å². The fourth-order valence-electron chi connectivity index (χ4n) is 2.10. The number of ether oxygens (including phenoxy) is 1. The molecule has 0 bridgehead atoms. The van der Waals surface area contributed by atoms with Gasteiger partial charge in [0.15, 0.2) is 0 Å². The molecule has 98 valence electrons. The molecule has 1 aromatic carbocycles.